The highest BCUT2D eigenvalue weighted by Crippen LogP contribution is 2.21. The molecule has 0 aliphatic carbocycles. The predicted molar refractivity (Wildman–Crippen MR) is 56.4 cm³/mol. The van der Waals surface area contributed by atoms with Gasteiger partial charge in [0.05, 0.1) is 5.52 Å². The Labute approximate surface area is 82.4 Å². The van der Waals surface area contributed by atoms with Gasteiger partial charge in [0, 0.05) is 12.4 Å². The molecular weight excluding hydrogens is 176 g/mol. The minimum absolute atomic E-state index is 0.776. The van der Waals surface area contributed by atoms with Crippen LogP contribution in [0, 0.1) is 13.8 Å². The number of aryl methyl sites for hydroxylation is 2. The standard InChI is InChI=1S/C10H12N4/c1-6-4-8-9(5-7(6)2)12-14-13-10(8)11-3/h4-5H,1-3H3,(H,11,12,13). The van der Waals surface area contributed by atoms with Crippen molar-refractivity contribution in [2.45, 2.75) is 13.8 Å². The van der Waals surface area contributed by atoms with Gasteiger partial charge in [-0.3, -0.25) is 0 Å². The minimum Gasteiger partial charge on any atom is -0.371 e. The Morgan fingerprint density at radius 2 is 1.79 bits per heavy atom. The Morgan fingerprint density at radius 3 is 2.50 bits per heavy atom. The average molecular weight is 188 g/mol. The topological polar surface area (TPSA) is 50.7 Å². The first-order valence-electron chi connectivity index (χ1n) is 4.50. The van der Waals surface area contributed by atoms with Crippen molar-refractivity contribution in [3.63, 3.8) is 0 Å². The third-order valence-electron chi connectivity index (χ3n) is 2.40. The number of hydrogen-bond acceptors (Lipinski definition) is 4. The zero-order chi connectivity index (χ0) is 10.1. The summed E-state index contributed by atoms with van der Waals surface area (Å²) in [6.45, 7) is 4.14. The van der Waals surface area contributed by atoms with E-state index >= 15 is 0 Å². The van der Waals surface area contributed by atoms with Crippen LogP contribution < -0.4 is 5.32 Å². The minimum atomic E-state index is 0.776. The SMILES string of the molecule is CNc1nnnc2cc(C)c(C)cc12. The number of benzene rings is 1. The van der Waals surface area contributed by atoms with Crippen molar-refractivity contribution in [2.75, 3.05) is 12.4 Å². The number of fused-ring (bicyclic) bond motifs is 1. The zero-order valence-electron chi connectivity index (χ0n) is 8.50. The summed E-state index contributed by atoms with van der Waals surface area (Å²) in [4.78, 5) is 0. The molecule has 0 saturated heterocycles. The number of nitrogens with zero attached hydrogens (tertiary/aromatic N) is 3. The highest BCUT2D eigenvalue weighted by atomic mass is 15.3. The fraction of sp³-hybridized carbons (Fsp3) is 0.300. The molecule has 0 aliphatic rings. The van der Waals surface area contributed by atoms with Gasteiger partial charge in [-0.25, -0.2) is 0 Å². The monoisotopic (exact) mass is 188 g/mol. The molecule has 0 radical (unpaired) electrons. The van der Waals surface area contributed by atoms with Crippen LogP contribution in [0.15, 0.2) is 12.1 Å². The molecule has 0 fully saturated rings. The number of aromatic nitrogens is 3. The zero-order valence-corrected chi connectivity index (χ0v) is 8.50. The summed E-state index contributed by atoms with van der Waals surface area (Å²) in [7, 11) is 1.83. The molecular formula is C10H12N4. The molecule has 4 nitrogen and oxygen atoms in total. The van der Waals surface area contributed by atoms with Crippen molar-refractivity contribution in [2.24, 2.45) is 0 Å². The Hall–Kier alpha value is -1.71. The van der Waals surface area contributed by atoms with E-state index in [9.17, 15) is 0 Å². The van der Waals surface area contributed by atoms with Crippen molar-refractivity contribution < 1.29 is 0 Å². The van der Waals surface area contributed by atoms with Crippen molar-refractivity contribution in [1.82, 2.24) is 15.4 Å². The van der Waals surface area contributed by atoms with Gasteiger partial charge in [0.25, 0.3) is 0 Å². The second-order valence-electron chi connectivity index (χ2n) is 3.34. The molecule has 14 heavy (non-hydrogen) atoms. The molecule has 4 heteroatoms. The van der Waals surface area contributed by atoms with E-state index in [1.807, 2.05) is 13.1 Å². The maximum atomic E-state index is 3.99. The van der Waals surface area contributed by atoms with E-state index in [0.29, 0.717) is 0 Å². The molecule has 0 unspecified atom stereocenters. The van der Waals surface area contributed by atoms with E-state index in [-0.39, 0.29) is 0 Å². The molecule has 2 rings (SSSR count). The van der Waals surface area contributed by atoms with Crippen LogP contribution in [0.1, 0.15) is 11.1 Å². The lowest BCUT2D eigenvalue weighted by Crippen LogP contribution is -1.99. The summed E-state index contributed by atoms with van der Waals surface area (Å²) >= 11 is 0. The van der Waals surface area contributed by atoms with Crippen LogP contribution >= 0.6 is 0 Å². The van der Waals surface area contributed by atoms with E-state index in [1.54, 1.807) is 0 Å². The van der Waals surface area contributed by atoms with E-state index in [1.165, 1.54) is 11.1 Å². The molecule has 1 aromatic heterocycles. The van der Waals surface area contributed by atoms with E-state index in [0.717, 1.165) is 16.7 Å². The van der Waals surface area contributed by atoms with Gasteiger partial charge in [-0.2, -0.15) is 0 Å². The highest BCUT2D eigenvalue weighted by Gasteiger charge is 2.04. The van der Waals surface area contributed by atoms with Gasteiger partial charge in [-0.05, 0) is 42.3 Å². The molecule has 1 heterocycles. The fourth-order valence-electron chi connectivity index (χ4n) is 1.43. The molecule has 72 valence electrons. The quantitative estimate of drug-likeness (QED) is 0.739. The van der Waals surface area contributed by atoms with Crippen LogP contribution in [0.25, 0.3) is 10.9 Å². The Balaban J connectivity index is 2.81. The van der Waals surface area contributed by atoms with Gasteiger partial charge in [-0.15, -0.1) is 10.2 Å². The molecule has 1 aromatic carbocycles. The first kappa shape index (κ1) is 8.87. The number of hydrogen-bond donors (Lipinski definition) is 1. The molecule has 0 aliphatic heterocycles. The van der Waals surface area contributed by atoms with E-state index < -0.39 is 0 Å². The summed E-state index contributed by atoms with van der Waals surface area (Å²) in [5, 5.41) is 15.6. The Kier molecular flexibility index (Phi) is 2.04. The fourth-order valence-corrected chi connectivity index (χ4v) is 1.43. The predicted octanol–water partition coefficient (Wildman–Crippen LogP) is 1.68. The normalized spacial score (nSPS) is 10.5. The largest absolute Gasteiger partial charge is 0.371 e. The number of rotatable bonds is 1. The Morgan fingerprint density at radius 1 is 1.07 bits per heavy atom. The van der Waals surface area contributed by atoms with Gasteiger partial charge in [0.2, 0.25) is 0 Å². The lowest BCUT2D eigenvalue weighted by molar-refractivity contribution is 0.898. The molecule has 0 amide bonds. The highest BCUT2D eigenvalue weighted by molar-refractivity contribution is 5.89. The Bertz CT molecular complexity index is 479. The molecule has 2 aromatic rings. The third kappa shape index (κ3) is 1.28. The molecule has 0 atom stereocenters. The maximum Gasteiger partial charge on any atom is 0.159 e. The average Bonchev–Trinajstić information content (AvgIpc) is 2.19. The van der Waals surface area contributed by atoms with Crippen LogP contribution in [-0.4, -0.2) is 22.5 Å². The summed E-state index contributed by atoms with van der Waals surface area (Å²) in [5.41, 5.74) is 3.34. The summed E-state index contributed by atoms with van der Waals surface area (Å²) in [6.07, 6.45) is 0. The number of anilines is 1. The first-order valence-corrected chi connectivity index (χ1v) is 4.50. The van der Waals surface area contributed by atoms with Crippen LogP contribution in [0.2, 0.25) is 0 Å². The van der Waals surface area contributed by atoms with Crippen molar-refractivity contribution in [1.29, 1.82) is 0 Å². The van der Waals surface area contributed by atoms with Gasteiger partial charge < -0.3 is 5.32 Å². The maximum absolute atomic E-state index is 3.99. The summed E-state index contributed by atoms with van der Waals surface area (Å²) in [6, 6.07) is 4.11. The van der Waals surface area contributed by atoms with Crippen LogP contribution in [0.5, 0.6) is 0 Å². The third-order valence-corrected chi connectivity index (χ3v) is 2.40. The summed E-state index contributed by atoms with van der Waals surface area (Å²) < 4.78 is 0. The number of nitrogens with one attached hydrogen (secondary N) is 1. The molecule has 0 saturated carbocycles. The first-order chi connectivity index (χ1) is 6.72. The molecule has 0 spiro atoms. The second-order valence-corrected chi connectivity index (χ2v) is 3.34. The van der Waals surface area contributed by atoms with E-state index in [4.69, 9.17) is 0 Å². The molecule has 1 N–H and O–H groups in total. The lowest BCUT2D eigenvalue weighted by Gasteiger charge is -2.05. The van der Waals surface area contributed by atoms with Crippen molar-refractivity contribution >= 4 is 16.7 Å². The van der Waals surface area contributed by atoms with Crippen LogP contribution in [-0.2, 0) is 0 Å². The second kappa shape index (κ2) is 3.21. The van der Waals surface area contributed by atoms with Gasteiger partial charge in [0.15, 0.2) is 5.82 Å². The van der Waals surface area contributed by atoms with Crippen molar-refractivity contribution in [3.8, 4) is 0 Å². The van der Waals surface area contributed by atoms with Gasteiger partial charge in [0.1, 0.15) is 0 Å². The summed E-state index contributed by atoms with van der Waals surface area (Å²) in [5.74, 6) is 0.776. The smallest absolute Gasteiger partial charge is 0.159 e. The van der Waals surface area contributed by atoms with Gasteiger partial charge >= 0.3 is 0 Å². The lowest BCUT2D eigenvalue weighted by atomic mass is 10.1. The van der Waals surface area contributed by atoms with Crippen LogP contribution in [0.3, 0.4) is 0 Å². The van der Waals surface area contributed by atoms with E-state index in [2.05, 4.69) is 40.6 Å². The molecule has 0 bridgehead atoms. The van der Waals surface area contributed by atoms with Crippen molar-refractivity contribution in [3.05, 3.63) is 23.3 Å². The van der Waals surface area contributed by atoms with Crippen LogP contribution in [0.4, 0.5) is 5.82 Å². The van der Waals surface area contributed by atoms with Gasteiger partial charge in [-0.1, -0.05) is 0 Å².